The van der Waals surface area contributed by atoms with E-state index in [0.29, 0.717) is 0 Å². The van der Waals surface area contributed by atoms with E-state index in [1.54, 1.807) is 0 Å². The molecule has 9 heteroatoms. The molecule has 0 saturated carbocycles. The Balaban J connectivity index is 3.20. The predicted octanol–water partition coefficient (Wildman–Crippen LogP) is 0.537. The highest BCUT2D eigenvalue weighted by Gasteiger charge is 2.26. The van der Waals surface area contributed by atoms with E-state index in [1.165, 1.54) is 14.1 Å². The van der Waals surface area contributed by atoms with E-state index < -0.39 is 33.2 Å². The van der Waals surface area contributed by atoms with Crippen LogP contribution >= 0.6 is 15.9 Å². The molecule has 19 heavy (non-hydrogen) atoms. The monoisotopic (exact) mass is 353 g/mol. The second-order valence-corrected chi connectivity index (χ2v) is 6.61. The number of carbonyl (C=O) groups excluding carboxylic acids is 1. The number of hydrogen-bond donors (Lipinski definition) is 2. The number of benzene rings is 1. The summed E-state index contributed by atoms with van der Waals surface area (Å²) in [4.78, 5) is 10.6. The number of nitrogens with one attached hydrogen (secondary N) is 1. The lowest BCUT2D eigenvalue weighted by molar-refractivity contribution is -0.120. The van der Waals surface area contributed by atoms with Gasteiger partial charge in [-0.25, -0.2) is 12.8 Å². The van der Waals surface area contributed by atoms with E-state index in [-0.39, 0.29) is 10.2 Å². The number of nitrogens with two attached hydrogens (primary N) is 1. The highest BCUT2D eigenvalue weighted by Crippen LogP contribution is 2.27. The zero-order chi connectivity index (χ0) is 14.8. The third-order valence-corrected chi connectivity index (χ3v) is 4.89. The Hall–Kier alpha value is -1.19. The van der Waals surface area contributed by atoms with Gasteiger partial charge in [0.1, 0.15) is 10.7 Å². The summed E-state index contributed by atoms with van der Waals surface area (Å²) in [6.45, 7) is -0.408. The van der Waals surface area contributed by atoms with Crippen LogP contribution in [-0.4, -0.2) is 39.3 Å². The van der Waals surface area contributed by atoms with Crippen LogP contribution in [0.4, 0.5) is 10.1 Å². The molecule has 1 aromatic rings. The van der Waals surface area contributed by atoms with Crippen LogP contribution in [0.15, 0.2) is 21.5 Å². The highest BCUT2D eigenvalue weighted by molar-refractivity contribution is 9.10. The third kappa shape index (κ3) is 3.43. The quantitative estimate of drug-likeness (QED) is 0.772. The molecule has 0 aromatic heterocycles. The number of nitrogens with zero attached hydrogens (tertiary/aromatic N) is 1. The summed E-state index contributed by atoms with van der Waals surface area (Å²) in [6.07, 6.45) is 0. The molecule has 0 fully saturated rings. The molecule has 0 aliphatic rings. The van der Waals surface area contributed by atoms with E-state index in [9.17, 15) is 17.6 Å². The zero-order valence-electron chi connectivity index (χ0n) is 10.3. The van der Waals surface area contributed by atoms with Crippen LogP contribution in [0.3, 0.4) is 0 Å². The van der Waals surface area contributed by atoms with E-state index in [1.807, 2.05) is 0 Å². The van der Waals surface area contributed by atoms with Crippen LogP contribution in [0.2, 0.25) is 0 Å². The van der Waals surface area contributed by atoms with E-state index >= 15 is 0 Å². The van der Waals surface area contributed by atoms with Crippen LogP contribution in [-0.2, 0) is 14.8 Å². The summed E-state index contributed by atoms with van der Waals surface area (Å²) in [6, 6.07) is 1.98. The number of amides is 1. The summed E-state index contributed by atoms with van der Waals surface area (Å²) < 4.78 is 38.9. The van der Waals surface area contributed by atoms with Crippen molar-refractivity contribution in [3.8, 4) is 0 Å². The molecule has 1 amide bonds. The number of rotatable bonds is 4. The molecule has 0 heterocycles. The van der Waals surface area contributed by atoms with Crippen LogP contribution in [0.1, 0.15) is 0 Å². The molecule has 0 atom stereocenters. The number of anilines is 1. The average molecular weight is 354 g/mol. The first kappa shape index (κ1) is 15.9. The number of hydrogen-bond acceptors (Lipinski definition) is 4. The molecule has 1 aromatic carbocycles. The fraction of sp³-hybridized carbons (Fsp3) is 0.300. The molecule has 6 nitrogen and oxygen atoms in total. The topological polar surface area (TPSA) is 92.5 Å². The molecule has 0 aliphatic carbocycles. The summed E-state index contributed by atoms with van der Waals surface area (Å²) >= 11 is 3.00. The van der Waals surface area contributed by atoms with Gasteiger partial charge in [-0.1, -0.05) is 0 Å². The summed E-state index contributed by atoms with van der Waals surface area (Å²) in [5.74, 6) is -1.44. The molecule has 0 bridgehead atoms. The molecule has 0 spiro atoms. The van der Waals surface area contributed by atoms with Gasteiger partial charge in [-0.3, -0.25) is 4.79 Å². The van der Waals surface area contributed by atoms with Crippen molar-refractivity contribution in [2.75, 3.05) is 26.4 Å². The molecule has 0 radical (unpaired) electrons. The first-order valence-electron chi connectivity index (χ1n) is 5.11. The second-order valence-electron chi connectivity index (χ2n) is 3.74. The van der Waals surface area contributed by atoms with Gasteiger partial charge < -0.3 is 11.1 Å². The van der Waals surface area contributed by atoms with Gasteiger partial charge in [-0.15, -0.1) is 0 Å². The van der Waals surface area contributed by atoms with Crippen molar-refractivity contribution in [1.29, 1.82) is 0 Å². The number of sulfonamides is 1. The van der Waals surface area contributed by atoms with E-state index in [2.05, 4.69) is 21.2 Å². The maximum Gasteiger partial charge on any atom is 0.246 e. The number of halogens is 2. The Labute approximate surface area is 118 Å². The molecule has 3 N–H and O–H groups in total. The first-order valence-corrected chi connectivity index (χ1v) is 7.35. The van der Waals surface area contributed by atoms with Gasteiger partial charge in [0.2, 0.25) is 15.9 Å². The Kier molecular flexibility index (Phi) is 4.88. The predicted molar refractivity (Wildman–Crippen MR) is 72.4 cm³/mol. The molecule has 0 unspecified atom stereocenters. The van der Waals surface area contributed by atoms with Crippen molar-refractivity contribution in [2.24, 2.45) is 0 Å². The van der Waals surface area contributed by atoms with Gasteiger partial charge in [0.25, 0.3) is 0 Å². The Morgan fingerprint density at radius 3 is 2.63 bits per heavy atom. The fourth-order valence-corrected chi connectivity index (χ4v) is 2.80. The highest BCUT2D eigenvalue weighted by atomic mass is 79.9. The Bertz CT molecular complexity index is 606. The fourth-order valence-electron chi connectivity index (χ4n) is 1.28. The van der Waals surface area contributed by atoms with E-state index in [4.69, 9.17) is 5.73 Å². The molecule has 106 valence electrons. The zero-order valence-corrected chi connectivity index (χ0v) is 12.7. The maximum absolute atomic E-state index is 13.7. The van der Waals surface area contributed by atoms with Gasteiger partial charge in [0.05, 0.1) is 6.54 Å². The SMILES string of the molecule is CNC(=O)CN(C)S(=O)(=O)c1cc(N)c(Br)cc1F. The van der Waals surface area contributed by atoms with Crippen molar-refractivity contribution >= 4 is 37.5 Å². The number of nitrogen functional groups attached to an aromatic ring is 1. The lowest BCUT2D eigenvalue weighted by atomic mass is 10.3. The molecular weight excluding hydrogens is 341 g/mol. The van der Waals surface area contributed by atoms with Crippen LogP contribution in [0, 0.1) is 5.82 Å². The maximum atomic E-state index is 13.7. The Morgan fingerprint density at radius 1 is 1.53 bits per heavy atom. The van der Waals surface area contributed by atoms with Crippen molar-refractivity contribution in [2.45, 2.75) is 4.90 Å². The van der Waals surface area contributed by atoms with Crippen LogP contribution in [0.5, 0.6) is 0 Å². The van der Waals surface area contributed by atoms with Gasteiger partial charge in [-0.05, 0) is 28.1 Å². The van der Waals surface area contributed by atoms with Crippen LogP contribution < -0.4 is 11.1 Å². The van der Waals surface area contributed by atoms with Gasteiger partial charge >= 0.3 is 0 Å². The Morgan fingerprint density at radius 2 is 2.11 bits per heavy atom. The summed E-state index contributed by atoms with van der Waals surface area (Å²) in [7, 11) is -1.56. The summed E-state index contributed by atoms with van der Waals surface area (Å²) in [5, 5.41) is 2.28. The molecule has 0 aliphatic heterocycles. The largest absolute Gasteiger partial charge is 0.398 e. The van der Waals surface area contributed by atoms with Gasteiger partial charge in [0, 0.05) is 24.3 Å². The van der Waals surface area contributed by atoms with Crippen LogP contribution in [0.25, 0.3) is 0 Å². The van der Waals surface area contributed by atoms with Crippen molar-refractivity contribution in [3.05, 3.63) is 22.4 Å². The number of carbonyl (C=O) groups is 1. The third-order valence-electron chi connectivity index (χ3n) is 2.38. The normalized spacial score (nSPS) is 11.6. The minimum Gasteiger partial charge on any atom is -0.398 e. The number of likely N-dealkylation sites (N-methyl/N-ethyl adjacent to an activating group) is 2. The van der Waals surface area contributed by atoms with Crippen molar-refractivity contribution in [1.82, 2.24) is 9.62 Å². The molecule has 1 rings (SSSR count). The summed E-state index contributed by atoms with van der Waals surface area (Å²) in [5.41, 5.74) is 5.63. The minimum absolute atomic E-state index is 0.0910. The van der Waals surface area contributed by atoms with Crippen molar-refractivity contribution in [3.63, 3.8) is 0 Å². The van der Waals surface area contributed by atoms with Gasteiger partial charge in [0.15, 0.2) is 0 Å². The lowest BCUT2D eigenvalue weighted by Crippen LogP contribution is -2.37. The van der Waals surface area contributed by atoms with E-state index in [0.717, 1.165) is 16.4 Å². The van der Waals surface area contributed by atoms with Gasteiger partial charge in [-0.2, -0.15) is 4.31 Å². The molecular formula is C10H13BrFN3O3S. The second kappa shape index (κ2) is 5.85. The average Bonchev–Trinajstić information content (AvgIpc) is 2.33. The lowest BCUT2D eigenvalue weighted by Gasteiger charge is -2.17. The minimum atomic E-state index is -4.12. The smallest absolute Gasteiger partial charge is 0.246 e. The molecule has 0 saturated heterocycles. The standard InChI is InChI=1S/C10H13BrFN3O3S/c1-14-10(16)5-15(2)19(17,18)9-4-8(13)6(11)3-7(9)12/h3-4H,5,13H2,1-2H3,(H,14,16). The first-order chi connectivity index (χ1) is 8.70. The van der Waals surface area contributed by atoms with Crippen molar-refractivity contribution < 1.29 is 17.6 Å².